The Morgan fingerprint density at radius 3 is 2.76 bits per heavy atom. The molecule has 1 aliphatic carbocycles. The highest BCUT2D eigenvalue weighted by Crippen LogP contribution is 2.17. The maximum Gasteiger partial charge on any atom is 0.407 e. The van der Waals surface area contributed by atoms with Gasteiger partial charge >= 0.3 is 17.2 Å². The van der Waals surface area contributed by atoms with E-state index in [2.05, 4.69) is 10.3 Å². The molecule has 0 unspecified atom stereocenters. The molecule has 1 fully saturated rings. The predicted molar refractivity (Wildman–Crippen MR) is 94.8 cm³/mol. The average Bonchev–Trinajstić information content (AvgIpc) is 2.62. The number of ether oxygens (including phenoxy) is 1. The van der Waals surface area contributed by atoms with Gasteiger partial charge in [0.2, 0.25) is 0 Å². The Labute approximate surface area is 145 Å². The van der Waals surface area contributed by atoms with Crippen LogP contribution in [0.3, 0.4) is 0 Å². The number of aromatic amines is 1. The van der Waals surface area contributed by atoms with Gasteiger partial charge in [0.15, 0.2) is 0 Å². The standard InChI is InChI=1S/C18H23N3O4/c22-16-17(23)21(15-10-5-4-9-14(15)20-16)11-6-12-25-18(24)19-13-7-2-1-3-8-13/h4-5,9-10,13H,1-3,6-8,11-12H2,(H,19,24)(H,20,22). The molecule has 0 spiro atoms. The average molecular weight is 345 g/mol. The molecule has 1 aromatic heterocycles. The Kier molecular flexibility index (Phi) is 5.53. The van der Waals surface area contributed by atoms with E-state index in [1.807, 2.05) is 6.07 Å². The van der Waals surface area contributed by atoms with Crippen molar-refractivity contribution in [2.75, 3.05) is 6.61 Å². The number of rotatable bonds is 5. The van der Waals surface area contributed by atoms with E-state index >= 15 is 0 Å². The summed E-state index contributed by atoms with van der Waals surface area (Å²) in [6.07, 6.45) is 5.58. The number of nitrogens with one attached hydrogen (secondary N) is 2. The first-order chi connectivity index (χ1) is 12.1. The van der Waals surface area contributed by atoms with Crippen molar-refractivity contribution in [3.8, 4) is 0 Å². The predicted octanol–water partition coefficient (Wildman–Crippen LogP) is 2.14. The Bertz CT molecular complexity index is 849. The van der Waals surface area contributed by atoms with Gasteiger partial charge in [0.05, 0.1) is 17.6 Å². The number of hydrogen-bond donors (Lipinski definition) is 2. The Hall–Kier alpha value is -2.57. The maximum absolute atomic E-state index is 12.1. The second-order valence-electron chi connectivity index (χ2n) is 6.40. The largest absolute Gasteiger partial charge is 0.449 e. The maximum atomic E-state index is 12.1. The number of alkyl carbamates (subject to hydrolysis) is 1. The van der Waals surface area contributed by atoms with Gasteiger partial charge in [0.25, 0.3) is 0 Å². The van der Waals surface area contributed by atoms with E-state index in [9.17, 15) is 14.4 Å². The fourth-order valence-corrected chi connectivity index (χ4v) is 3.29. The van der Waals surface area contributed by atoms with Gasteiger partial charge in [-0.25, -0.2) is 4.79 Å². The van der Waals surface area contributed by atoms with E-state index in [1.54, 1.807) is 18.2 Å². The Morgan fingerprint density at radius 1 is 1.20 bits per heavy atom. The number of carbonyl (C=O) groups excluding carboxylic acids is 1. The molecule has 7 heteroatoms. The van der Waals surface area contributed by atoms with Gasteiger partial charge in [-0.05, 0) is 31.4 Å². The van der Waals surface area contributed by atoms with Crippen LogP contribution in [0, 0.1) is 0 Å². The molecular formula is C18H23N3O4. The normalized spacial score (nSPS) is 15.2. The van der Waals surface area contributed by atoms with E-state index in [0.717, 1.165) is 25.7 Å². The van der Waals surface area contributed by atoms with Crippen molar-refractivity contribution in [2.24, 2.45) is 0 Å². The number of fused-ring (bicyclic) bond motifs is 1. The zero-order valence-corrected chi connectivity index (χ0v) is 14.1. The van der Waals surface area contributed by atoms with Crippen LogP contribution in [-0.4, -0.2) is 28.3 Å². The summed E-state index contributed by atoms with van der Waals surface area (Å²) < 4.78 is 6.62. The molecule has 134 valence electrons. The van der Waals surface area contributed by atoms with Gasteiger partial charge in [-0.15, -0.1) is 0 Å². The van der Waals surface area contributed by atoms with Crippen molar-refractivity contribution < 1.29 is 9.53 Å². The number of aromatic nitrogens is 2. The molecule has 1 heterocycles. The van der Waals surface area contributed by atoms with E-state index in [1.165, 1.54) is 11.0 Å². The lowest BCUT2D eigenvalue weighted by atomic mass is 9.96. The van der Waals surface area contributed by atoms with Crippen LogP contribution in [0.2, 0.25) is 0 Å². The summed E-state index contributed by atoms with van der Waals surface area (Å²) in [5, 5.41) is 2.88. The van der Waals surface area contributed by atoms with Crippen LogP contribution in [0.1, 0.15) is 38.5 Å². The van der Waals surface area contributed by atoms with Crippen LogP contribution < -0.4 is 16.4 Å². The molecule has 3 rings (SSSR count). The molecule has 0 radical (unpaired) electrons. The minimum atomic E-state index is -0.644. The molecule has 1 amide bonds. The quantitative estimate of drug-likeness (QED) is 0.641. The second-order valence-corrected chi connectivity index (χ2v) is 6.40. The summed E-state index contributed by atoms with van der Waals surface area (Å²) in [7, 11) is 0. The lowest BCUT2D eigenvalue weighted by molar-refractivity contribution is 0.136. The molecular weight excluding hydrogens is 322 g/mol. The molecule has 2 N–H and O–H groups in total. The monoisotopic (exact) mass is 345 g/mol. The summed E-state index contributed by atoms with van der Waals surface area (Å²) in [5.41, 5.74) is 0.0434. The van der Waals surface area contributed by atoms with Crippen LogP contribution in [-0.2, 0) is 11.3 Å². The Balaban J connectivity index is 1.55. The molecule has 1 aliphatic rings. The summed E-state index contributed by atoms with van der Waals surface area (Å²) >= 11 is 0. The fourth-order valence-electron chi connectivity index (χ4n) is 3.29. The molecule has 0 saturated heterocycles. The van der Waals surface area contributed by atoms with Crippen molar-refractivity contribution >= 4 is 17.1 Å². The van der Waals surface area contributed by atoms with E-state index < -0.39 is 17.2 Å². The van der Waals surface area contributed by atoms with Crippen molar-refractivity contribution in [1.29, 1.82) is 0 Å². The van der Waals surface area contributed by atoms with Crippen LogP contribution in [0.4, 0.5) is 4.79 Å². The summed E-state index contributed by atoms with van der Waals surface area (Å²) in [4.78, 5) is 38.2. The van der Waals surface area contributed by atoms with Crippen LogP contribution in [0.25, 0.3) is 11.0 Å². The lowest BCUT2D eigenvalue weighted by Gasteiger charge is -2.22. The zero-order valence-electron chi connectivity index (χ0n) is 14.1. The molecule has 0 bridgehead atoms. The van der Waals surface area contributed by atoms with Gasteiger partial charge in [-0.1, -0.05) is 31.4 Å². The fraction of sp³-hybridized carbons (Fsp3) is 0.500. The number of para-hydroxylation sites is 2. The van der Waals surface area contributed by atoms with E-state index in [4.69, 9.17) is 4.74 Å². The summed E-state index contributed by atoms with van der Waals surface area (Å²) in [6.45, 7) is 0.520. The van der Waals surface area contributed by atoms with Crippen molar-refractivity contribution in [1.82, 2.24) is 14.9 Å². The topological polar surface area (TPSA) is 93.2 Å². The van der Waals surface area contributed by atoms with Gasteiger partial charge in [0.1, 0.15) is 0 Å². The van der Waals surface area contributed by atoms with Crippen molar-refractivity contribution in [2.45, 2.75) is 51.1 Å². The number of carbonyl (C=O) groups is 1. The molecule has 25 heavy (non-hydrogen) atoms. The van der Waals surface area contributed by atoms with Crippen molar-refractivity contribution in [3.63, 3.8) is 0 Å². The highest BCUT2D eigenvalue weighted by molar-refractivity contribution is 5.74. The number of H-pyrrole nitrogens is 1. The Morgan fingerprint density at radius 2 is 1.96 bits per heavy atom. The first kappa shape index (κ1) is 17.3. The number of aryl methyl sites for hydroxylation is 1. The third-order valence-corrected chi connectivity index (χ3v) is 4.57. The van der Waals surface area contributed by atoms with Crippen LogP contribution in [0.5, 0.6) is 0 Å². The van der Waals surface area contributed by atoms with Gasteiger partial charge in [-0.2, -0.15) is 0 Å². The number of benzene rings is 1. The number of nitrogens with zero attached hydrogens (tertiary/aromatic N) is 1. The molecule has 0 atom stereocenters. The summed E-state index contributed by atoms with van der Waals surface area (Å²) in [6, 6.07) is 7.35. The lowest BCUT2D eigenvalue weighted by Crippen LogP contribution is -2.37. The molecule has 1 aromatic carbocycles. The number of amides is 1. The molecule has 2 aromatic rings. The minimum absolute atomic E-state index is 0.201. The smallest absolute Gasteiger partial charge is 0.407 e. The van der Waals surface area contributed by atoms with E-state index in [-0.39, 0.29) is 12.6 Å². The van der Waals surface area contributed by atoms with Crippen LogP contribution in [0.15, 0.2) is 33.9 Å². The SMILES string of the molecule is O=C(NC1CCCCC1)OCCCn1c(=O)c(=O)[nH]c2ccccc21. The van der Waals surface area contributed by atoms with Gasteiger partial charge < -0.3 is 19.6 Å². The first-order valence-corrected chi connectivity index (χ1v) is 8.80. The van der Waals surface area contributed by atoms with Crippen molar-refractivity contribution in [3.05, 3.63) is 45.0 Å². The second kappa shape index (κ2) is 8.00. The van der Waals surface area contributed by atoms with E-state index in [0.29, 0.717) is 24.0 Å². The number of hydrogen-bond acceptors (Lipinski definition) is 4. The molecule has 7 nitrogen and oxygen atoms in total. The van der Waals surface area contributed by atoms with Gasteiger partial charge in [-0.3, -0.25) is 9.59 Å². The third kappa shape index (κ3) is 4.29. The first-order valence-electron chi connectivity index (χ1n) is 8.80. The van der Waals surface area contributed by atoms with Gasteiger partial charge in [0, 0.05) is 12.6 Å². The molecule has 0 aliphatic heterocycles. The third-order valence-electron chi connectivity index (χ3n) is 4.57. The molecule has 1 saturated carbocycles. The van der Waals surface area contributed by atoms with Crippen LogP contribution >= 0.6 is 0 Å². The highest BCUT2D eigenvalue weighted by Gasteiger charge is 2.16. The summed E-state index contributed by atoms with van der Waals surface area (Å²) in [5.74, 6) is 0. The minimum Gasteiger partial charge on any atom is -0.449 e. The highest BCUT2D eigenvalue weighted by atomic mass is 16.5. The zero-order chi connectivity index (χ0) is 17.6.